The third kappa shape index (κ3) is 3.83. The Hall–Kier alpha value is -2.59. The van der Waals surface area contributed by atoms with Gasteiger partial charge in [-0.15, -0.1) is 0 Å². The number of nitrogens with zero attached hydrogens (tertiary/aromatic N) is 2. The fourth-order valence-electron chi connectivity index (χ4n) is 3.96. The fraction of sp³-hybridized carbons (Fsp3) is 0.375. The summed E-state index contributed by atoms with van der Waals surface area (Å²) in [6, 6.07) is 16.3. The Morgan fingerprint density at radius 2 is 1.79 bits per heavy atom. The second kappa shape index (κ2) is 8.19. The van der Waals surface area contributed by atoms with Crippen LogP contribution in [-0.4, -0.2) is 54.5 Å². The Balaban J connectivity index is 1.35. The summed E-state index contributed by atoms with van der Waals surface area (Å²) in [7, 11) is 0. The number of ether oxygens (including phenoxy) is 1. The van der Waals surface area contributed by atoms with E-state index in [2.05, 4.69) is 61.2 Å². The van der Waals surface area contributed by atoms with Crippen molar-refractivity contribution in [1.82, 2.24) is 9.80 Å². The molecule has 2 atom stereocenters. The van der Waals surface area contributed by atoms with Crippen LogP contribution >= 0.6 is 0 Å². The Bertz CT molecular complexity index is 854. The molecule has 2 heterocycles. The maximum Gasteiger partial charge on any atom is 0.257 e. The van der Waals surface area contributed by atoms with Crippen molar-refractivity contribution < 1.29 is 9.53 Å². The van der Waals surface area contributed by atoms with E-state index in [0.717, 1.165) is 44.0 Å². The van der Waals surface area contributed by atoms with Gasteiger partial charge in [-0.1, -0.05) is 61.5 Å². The van der Waals surface area contributed by atoms with E-state index >= 15 is 0 Å². The van der Waals surface area contributed by atoms with E-state index in [9.17, 15) is 4.79 Å². The maximum absolute atomic E-state index is 13.1. The minimum Gasteiger partial charge on any atom is -0.489 e. The molecule has 0 aliphatic carbocycles. The molecule has 4 rings (SSSR count). The van der Waals surface area contributed by atoms with Crippen LogP contribution in [0.15, 0.2) is 54.6 Å². The first-order chi connectivity index (χ1) is 13.6. The van der Waals surface area contributed by atoms with Crippen molar-refractivity contribution >= 4 is 12.0 Å². The van der Waals surface area contributed by atoms with Crippen molar-refractivity contribution in [3.05, 3.63) is 71.3 Å². The molecule has 4 heteroatoms. The zero-order chi connectivity index (χ0) is 19.5. The number of carbonyl (C=O) groups is 1. The van der Waals surface area contributed by atoms with Crippen LogP contribution in [0.4, 0.5) is 0 Å². The monoisotopic (exact) mass is 376 g/mol. The standard InChI is InChI=1S/C24H28N2O2/c1-18-19(2)28-23-21(18)11-6-12-22(23)24(27)26-16-14-25(15-17-26)13-7-10-20-8-4-3-5-9-20/h3-12,18-19H,13-17H2,1-2H3/b10-7+. The normalized spacial score (nSPS) is 22.3. The molecule has 0 N–H and O–H groups in total. The molecule has 2 unspecified atom stereocenters. The third-order valence-corrected chi connectivity index (χ3v) is 5.91. The fourth-order valence-corrected chi connectivity index (χ4v) is 3.96. The van der Waals surface area contributed by atoms with Crippen LogP contribution in [0.3, 0.4) is 0 Å². The van der Waals surface area contributed by atoms with Gasteiger partial charge in [-0.2, -0.15) is 0 Å². The van der Waals surface area contributed by atoms with Crippen molar-refractivity contribution in [3.63, 3.8) is 0 Å². The van der Waals surface area contributed by atoms with E-state index < -0.39 is 0 Å². The predicted molar refractivity (Wildman–Crippen MR) is 113 cm³/mol. The molecule has 2 aliphatic rings. The van der Waals surface area contributed by atoms with Gasteiger partial charge >= 0.3 is 0 Å². The minimum atomic E-state index is 0.0950. The van der Waals surface area contributed by atoms with Gasteiger partial charge in [-0.25, -0.2) is 0 Å². The molecule has 146 valence electrons. The number of hydrogen-bond acceptors (Lipinski definition) is 3. The van der Waals surface area contributed by atoms with Crippen molar-refractivity contribution in [2.24, 2.45) is 0 Å². The Kier molecular flexibility index (Phi) is 5.49. The molecular formula is C24H28N2O2. The zero-order valence-corrected chi connectivity index (χ0v) is 16.7. The van der Waals surface area contributed by atoms with Gasteiger partial charge < -0.3 is 9.64 Å². The minimum absolute atomic E-state index is 0.0950. The third-order valence-electron chi connectivity index (χ3n) is 5.91. The zero-order valence-electron chi connectivity index (χ0n) is 16.7. The second-order valence-electron chi connectivity index (χ2n) is 7.74. The molecule has 0 saturated carbocycles. The SMILES string of the molecule is CC1Oc2c(C(=O)N3CCN(C/C=C/c4ccccc4)CC3)cccc2C1C. The highest BCUT2D eigenvalue weighted by atomic mass is 16.5. The topological polar surface area (TPSA) is 32.8 Å². The first-order valence-corrected chi connectivity index (χ1v) is 10.2. The molecule has 0 bridgehead atoms. The first-order valence-electron chi connectivity index (χ1n) is 10.2. The van der Waals surface area contributed by atoms with Gasteiger partial charge in [0.05, 0.1) is 5.56 Å². The Labute approximate surface area is 167 Å². The number of benzene rings is 2. The Morgan fingerprint density at radius 1 is 1.04 bits per heavy atom. The number of piperazine rings is 1. The molecule has 0 spiro atoms. The molecular weight excluding hydrogens is 348 g/mol. The van der Waals surface area contributed by atoms with Gasteiger partial charge in [-0.05, 0) is 18.6 Å². The lowest BCUT2D eigenvalue weighted by Crippen LogP contribution is -2.48. The van der Waals surface area contributed by atoms with Crippen molar-refractivity contribution in [2.75, 3.05) is 32.7 Å². The van der Waals surface area contributed by atoms with Gasteiger partial charge in [0.15, 0.2) is 0 Å². The average molecular weight is 377 g/mol. The molecule has 1 fully saturated rings. The van der Waals surface area contributed by atoms with E-state index in [1.54, 1.807) is 0 Å². The summed E-state index contributed by atoms with van der Waals surface area (Å²) in [6.07, 6.45) is 4.48. The molecule has 4 nitrogen and oxygen atoms in total. The van der Waals surface area contributed by atoms with E-state index in [4.69, 9.17) is 4.74 Å². The highest BCUT2D eigenvalue weighted by Gasteiger charge is 2.33. The van der Waals surface area contributed by atoms with Crippen LogP contribution in [0.5, 0.6) is 5.75 Å². The van der Waals surface area contributed by atoms with Crippen LogP contribution < -0.4 is 4.74 Å². The van der Waals surface area contributed by atoms with E-state index in [-0.39, 0.29) is 12.0 Å². The average Bonchev–Trinajstić information content (AvgIpc) is 3.03. The van der Waals surface area contributed by atoms with Gasteiger partial charge in [-0.3, -0.25) is 9.69 Å². The van der Waals surface area contributed by atoms with Crippen LogP contribution in [0.25, 0.3) is 6.08 Å². The largest absolute Gasteiger partial charge is 0.489 e. The van der Waals surface area contributed by atoms with Gasteiger partial charge in [0, 0.05) is 44.2 Å². The molecule has 0 radical (unpaired) electrons. The summed E-state index contributed by atoms with van der Waals surface area (Å²) in [6.45, 7) is 8.45. The molecule has 2 aliphatic heterocycles. The maximum atomic E-state index is 13.1. The number of carbonyl (C=O) groups excluding carboxylic acids is 1. The number of hydrogen-bond donors (Lipinski definition) is 0. The van der Waals surface area contributed by atoms with Crippen molar-refractivity contribution in [3.8, 4) is 5.75 Å². The van der Waals surface area contributed by atoms with E-state index in [1.165, 1.54) is 5.56 Å². The number of fused-ring (bicyclic) bond motifs is 1. The molecule has 2 aromatic carbocycles. The number of para-hydroxylation sites is 1. The van der Waals surface area contributed by atoms with Crippen molar-refractivity contribution in [1.29, 1.82) is 0 Å². The lowest BCUT2D eigenvalue weighted by Gasteiger charge is -2.34. The van der Waals surface area contributed by atoms with Crippen LogP contribution in [-0.2, 0) is 0 Å². The molecule has 2 aromatic rings. The first kappa shape index (κ1) is 18.8. The summed E-state index contributed by atoms with van der Waals surface area (Å²) in [5.41, 5.74) is 3.09. The van der Waals surface area contributed by atoms with E-state index in [1.807, 2.05) is 23.1 Å². The highest BCUT2D eigenvalue weighted by molar-refractivity contribution is 5.97. The smallest absolute Gasteiger partial charge is 0.257 e. The lowest BCUT2D eigenvalue weighted by molar-refractivity contribution is 0.0645. The predicted octanol–water partition coefficient (Wildman–Crippen LogP) is 4.04. The molecule has 1 saturated heterocycles. The van der Waals surface area contributed by atoms with Crippen LogP contribution in [0.2, 0.25) is 0 Å². The van der Waals surface area contributed by atoms with Crippen molar-refractivity contribution in [2.45, 2.75) is 25.9 Å². The number of rotatable bonds is 4. The van der Waals surface area contributed by atoms with Gasteiger partial charge in [0.1, 0.15) is 11.9 Å². The summed E-state index contributed by atoms with van der Waals surface area (Å²) in [4.78, 5) is 17.4. The quantitative estimate of drug-likeness (QED) is 0.807. The van der Waals surface area contributed by atoms with Crippen LogP contribution in [0, 0.1) is 0 Å². The second-order valence-corrected chi connectivity index (χ2v) is 7.74. The lowest BCUT2D eigenvalue weighted by atomic mass is 9.96. The summed E-state index contributed by atoms with van der Waals surface area (Å²) < 4.78 is 6.01. The van der Waals surface area contributed by atoms with Gasteiger partial charge in [0.25, 0.3) is 5.91 Å². The summed E-state index contributed by atoms with van der Waals surface area (Å²) >= 11 is 0. The number of amides is 1. The molecule has 1 amide bonds. The van der Waals surface area contributed by atoms with E-state index in [0.29, 0.717) is 11.5 Å². The Morgan fingerprint density at radius 3 is 2.54 bits per heavy atom. The highest BCUT2D eigenvalue weighted by Crippen LogP contribution is 2.40. The molecule has 28 heavy (non-hydrogen) atoms. The van der Waals surface area contributed by atoms with Crippen LogP contribution in [0.1, 0.15) is 41.3 Å². The molecule has 0 aromatic heterocycles. The van der Waals surface area contributed by atoms with Gasteiger partial charge in [0.2, 0.25) is 0 Å². The summed E-state index contributed by atoms with van der Waals surface area (Å²) in [5, 5.41) is 0. The summed E-state index contributed by atoms with van der Waals surface area (Å²) in [5.74, 6) is 1.22.